The zero-order valence-corrected chi connectivity index (χ0v) is 16.4. The Morgan fingerprint density at radius 2 is 2.07 bits per heavy atom. The molecule has 0 spiro atoms. The second kappa shape index (κ2) is 9.21. The van der Waals surface area contributed by atoms with Crippen molar-refractivity contribution in [3.8, 4) is 0 Å². The van der Waals surface area contributed by atoms with Gasteiger partial charge in [0, 0.05) is 42.6 Å². The molecular weight excluding hydrogens is 399 g/mol. The van der Waals surface area contributed by atoms with Crippen molar-refractivity contribution in [1.29, 1.82) is 0 Å². The number of aryl methyl sites for hydroxylation is 2. The second-order valence-electron chi connectivity index (χ2n) is 6.99. The number of amides is 1. The predicted molar refractivity (Wildman–Crippen MR) is 104 cm³/mol. The number of pyridine rings is 2. The van der Waals surface area contributed by atoms with Gasteiger partial charge in [-0.15, -0.1) is 0 Å². The van der Waals surface area contributed by atoms with Crippen molar-refractivity contribution >= 4 is 16.8 Å². The van der Waals surface area contributed by atoms with Crippen molar-refractivity contribution in [1.82, 2.24) is 25.1 Å². The Morgan fingerprint density at radius 1 is 1.27 bits per heavy atom. The number of aromatic nitrogens is 4. The Kier molecular flexibility index (Phi) is 6.66. The molecule has 0 saturated carbocycles. The maximum atomic E-state index is 12.4. The molecule has 0 saturated heterocycles. The van der Waals surface area contributed by atoms with E-state index in [-0.39, 0.29) is 31.9 Å². The molecule has 10 heteroatoms. The summed E-state index contributed by atoms with van der Waals surface area (Å²) in [6.07, 6.45) is -0.257. The molecule has 3 aromatic rings. The molecule has 2 N–H and O–H groups in total. The van der Waals surface area contributed by atoms with Crippen LogP contribution in [0.2, 0.25) is 0 Å². The van der Waals surface area contributed by atoms with E-state index in [1.165, 1.54) is 0 Å². The molecule has 0 atom stereocenters. The third-order valence-electron chi connectivity index (χ3n) is 4.56. The number of alkyl halides is 3. The van der Waals surface area contributed by atoms with Crippen LogP contribution < -0.4 is 5.32 Å². The van der Waals surface area contributed by atoms with Gasteiger partial charge in [0.05, 0.1) is 30.8 Å². The molecule has 7 nitrogen and oxygen atoms in total. The molecule has 160 valence electrons. The minimum Gasteiger partial charge on any atom is -0.395 e. The van der Waals surface area contributed by atoms with Gasteiger partial charge in [-0.1, -0.05) is 6.07 Å². The number of aliphatic hydroxyl groups excluding tert-OH is 1. The van der Waals surface area contributed by atoms with E-state index in [0.717, 1.165) is 10.9 Å². The lowest BCUT2D eigenvalue weighted by atomic mass is 10.1. The Bertz CT molecular complexity index is 1030. The predicted octanol–water partition coefficient (Wildman–Crippen LogP) is 2.33. The van der Waals surface area contributed by atoms with Crippen molar-refractivity contribution in [2.75, 3.05) is 13.2 Å². The van der Waals surface area contributed by atoms with Crippen LogP contribution >= 0.6 is 0 Å². The molecular formula is C20H22F3N5O2. The van der Waals surface area contributed by atoms with Gasteiger partial charge in [-0.2, -0.15) is 18.3 Å². The number of nitrogens with one attached hydrogen (secondary N) is 1. The zero-order valence-electron chi connectivity index (χ0n) is 16.4. The molecule has 0 aliphatic carbocycles. The van der Waals surface area contributed by atoms with Crippen LogP contribution in [0.25, 0.3) is 10.9 Å². The molecule has 0 aliphatic rings. The van der Waals surface area contributed by atoms with Crippen LogP contribution in [-0.2, 0) is 24.2 Å². The third kappa shape index (κ3) is 5.76. The summed E-state index contributed by atoms with van der Waals surface area (Å²) in [6, 6.07) is 3.55. The zero-order chi connectivity index (χ0) is 21.7. The summed E-state index contributed by atoms with van der Waals surface area (Å²) in [7, 11) is 0. The highest BCUT2D eigenvalue weighted by Gasteiger charge is 2.27. The molecule has 1 amide bonds. The second-order valence-corrected chi connectivity index (χ2v) is 6.99. The maximum Gasteiger partial charge on any atom is 0.389 e. The van der Waals surface area contributed by atoms with Crippen LogP contribution in [0, 0.1) is 6.92 Å². The highest BCUT2D eigenvalue weighted by Crippen LogP contribution is 2.23. The lowest BCUT2D eigenvalue weighted by Gasteiger charge is -2.09. The standard InChI is InChI=1S/C20H22F3N5O2/c1-13-8-14(10-26-16(13)2-4-20(21,22)23)11-28-12-15-17(27-28)3-5-24-18(15)9-19(30)25-6-7-29/h3,5,8,10,12,29H,2,4,6-7,9,11H2,1H3,(H,25,30). The molecule has 0 unspecified atom stereocenters. The van der Waals surface area contributed by atoms with E-state index >= 15 is 0 Å². The average molecular weight is 421 g/mol. The number of rotatable bonds is 8. The molecule has 0 radical (unpaired) electrons. The normalized spacial score (nSPS) is 11.8. The molecule has 0 bridgehead atoms. The highest BCUT2D eigenvalue weighted by atomic mass is 19.4. The summed E-state index contributed by atoms with van der Waals surface area (Å²) in [4.78, 5) is 20.4. The first-order chi connectivity index (χ1) is 14.2. The molecule has 0 fully saturated rings. The average Bonchev–Trinajstić information content (AvgIpc) is 3.08. The summed E-state index contributed by atoms with van der Waals surface area (Å²) >= 11 is 0. The van der Waals surface area contributed by atoms with Gasteiger partial charge >= 0.3 is 6.18 Å². The minimum absolute atomic E-state index is 0.0671. The lowest BCUT2D eigenvalue weighted by molar-refractivity contribution is -0.134. The van der Waals surface area contributed by atoms with E-state index in [9.17, 15) is 18.0 Å². The van der Waals surface area contributed by atoms with E-state index in [2.05, 4.69) is 20.4 Å². The van der Waals surface area contributed by atoms with Gasteiger partial charge in [0.15, 0.2) is 0 Å². The first-order valence-electron chi connectivity index (χ1n) is 9.45. The van der Waals surface area contributed by atoms with Crippen LogP contribution in [0.4, 0.5) is 13.2 Å². The van der Waals surface area contributed by atoms with Crippen LogP contribution in [0.1, 0.15) is 28.9 Å². The van der Waals surface area contributed by atoms with Crippen molar-refractivity contribution in [2.24, 2.45) is 0 Å². The van der Waals surface area contributed by atoms with Gasteiger partial charge in [-0.25, -0.2) is 0 Å². The first kappa shape index (κ1) is 21.7. The fraction of sp³-hybridized carbons (Fsp3) is 0.400. The fourth-order valence-electron chi connectivity index (χ4n) is 3.14. The van der Waals surface area contributed by atoms with E-state index < -0.39 is 12.6 Å². The monoisotopic (exact) mass is 421 g/mol. The summed E-state index contributed by atoms with van der Waals surface area (Å²) < 4.78 is 39.0. The first-order valence-corrected chi connectivity index (χ1v) is 9.45. The number of fused-ring (bicyclic) bond motifs is 1. The topological polar surface area (TPSA) is 92.9 Å². The van der Waals surface area contributed by atoms with Crippen molar-refractivity contribution in [2.45, 2.75) is 38.9 Å². The Balaban J connectivity index is 1.74. The SMILES string of the molecule is Cc1cc(Cn2cc3c(CC(=O)NCCO)nccc3n2)cnc1CCC(F)(F)F. The Hall–Kier alpha value is -3.01. The van der Waals surface area contributed by atoms with Crippen LogP contribution in [0.15, 0.2) is 30.7 Å². The molecule has 3 rings (SSSR count). The fourth-order valence-corrected chi connectivity index (χ4v) is 3.14. The van der Waals surface area contributed by atoms with Crippen molar-refractivity contribution < 1.29 is 23.1 Å². The maximum absolute atomic E-state index is 12.4. The largest absolute Gasteiger partial charge is 0.395 e. The van der Waals surface area contributed by atoms with Gasteiger partial charge in [-0.05, 0) is 30.5 Å². The summed E-state index contributed by atoms with van der Waals surface area (Å²) in [5, 5.41) is 16.6. The van der Waals surface area contributed by atoms with Crippen LogP contribution in [0.3, 0.4) is 0 Å². The van der Waals surface area contributed by atoms with E-state index in [0.29, 0.717) is 29.0 Å². The molecule has 0 aliphatic heterocycles. The minimum atomic E-state index is -4.21. The van der Waals surface area contributed by atoms with Crippen LogP contribution in [-0.4, -0.2) is 50.1 Å². The summed E-state index contributed by atoms with van der Waals surface area (Å²) in [5.74, 6) is -0.244. The van der Waals surface area contributed by atoms with Gasteiger partial charge in [-0.3, -0.25) is 19.4 Å². The number of aliphatic hydroxyl groups is 1. The van der Waals surface area contributed by atoms with Crippen LogP contribution in [0.5, 0.6) is 0 Å². The lowest BCUT2D eigenvalue weighted by Crippen LogP contribution is -2.28. The van der Waals surface area contributed by atoms with Crippen molar-refractivity contribution in [3.05, 3.63) is 53.2 Å². The third-order valence-corrected chi connectivity index (χ3v) is 4.56. The molecule has 3 heterocycles. The van der Waals surface area contributed by atoms with E-state index in [1.54, 1.807) is 36.3 Å². The Morgan fingerprint density at radius 3 is 2.77 bits per heavy atom. The summed E-state index contributed by atoms with van der Waals surface area (Å²) in [5.41, 5.74) is 3.21. The van der Waals surface area contributed by atoms with Gasteiger partial charge < -0.3 is 10.4 Å². The van der Waals surface area contributed by atoms with Gasteiger partial charge in [0.2, 0.25) is 5.91 Å². The number of nitrogens with zero attached hydrogens (tertiary/aromatic N) is 4. The number of carbonyl (C=O) groups is 1. The molecule has 3 aromatic heterocycles. The molecule has 30 heavy (non-hydrogen) atoms. The number of hydrogen-bond donors (Lipinski definition) is 2. The number of carbonyl (C=O) groups excluding carboxylic acids is 1. The van der Waals surface area contributed by atoms with Gasteiger partial charge in [0.25, 0.3) is 0 Å². The number of hydrogen-bond acceptors (Lipinski definition) is 5. The van der Waals surface area contributed by atoms with E-state index in [1.807, 2.05) is 6.07 Å². The Labute approximate surface area is 171 Å². The quantitative estimate of drug-likeness (QED) is 0.582. The number of halogens is 3. The van der Waals surface area contributed by atoms with E-state index in [4.69, 9.17) is 5.11 Å². The molecule has 0 aromatic carbocycles. The smallest absolute Gasteiger partial charge is 0.389 e. The van der Waals surface area contributed by atoms with Gasteiger partial charge in [0.1, 0.15) is 0 Å². The highest BCUT2D eigenvalue weighted by molar-refractivity contribution is 5.86. The van der Waals surface area contributed by atoms with Crippen molar-refractivity contribution in [3.63, 3.8) is 0 Å². The summed E-state index contributed by atoms with van der Waals surface area (Å²) in [6.45, 7) is 2.18.